The van der Waals surface area contributed by atoms with Crippen molar-refractivity contribution in [3.63, 3.8) is 0 Å². The van der Waals surface area contributed by atoms with Gasteiger partial charge in [-0.05, 0) is 48.4 Å². The fourth-order valence-electron chi connectivity index (χ4n) is 4.44. The minimum atomic E-state index is -0.772. The van der Waals surface area contributed by atoms with Crippen LogP contribution in [0.3, 0.4) is 0 Å². The molecule has 0 spiro atoms. The third-order valence-electron chi connectivity index (χ3n) is 6.23. The molecule has 0 bridgehead atoms. The molecule has 2 aromatic carbocycles. The summed E-state index contributed by atoms with van der Waals surface area (Å²) in [6.07, 6.45) is 3.50. The second-order valence-electron chi connectivity index (χ2n) is 8.49. The predicted molar refractivity (Wildman–Crippen MR) is 124 cm³/mol. The quantitative estimate of drug-likeness (QED) is 0.470. The molecule has 9 heteroatoms. The number of amides is 1. The number of benzene rings is 2. The summed E-state index contributed by atoms with van der Waals surface area (Å²) >= 11 is 0. The minimum absolute atomic E-state index is 0.139. The SMILES string of the molecule is BC1(B)c2ncccc2C(=O)N1Cc1c(F)cc(-c2cccc3nn(CC)cc23)cc1F. The molecule has 0 atom stereocenters. The van der Waals surface area contributed by atoms with E-state index in [2.05, 4.69) is 10.1 Å². The van der Waals surface area contributed by atoms with E-state index in [-0.39, 0.29) is 18.0 Å². The van der Waals surface area contributed by atoms with Crippen LogP contribution in [-0.4, -0.2) is 41.3 Å². The highest BCUT2D eigenvalue weighted by Crippen LogP contribution is 2.36. The number of carbonyl (C=O) groups is 1. The third kappa shape index (κ3) is 3.03. The van der Waals surface area contributed by atoms with Crippen LogP contribution in [0.15, 0.2) is 54.9 Å². The average molecular weight is 428 g/mol. The Labute approximate surface area is 185 Å². The third-order valence-corrected chi connectivity index (χ3v) is 6.23. The van der Waals surface area contributed by atoms with E-state index in [1.165, 1.54) is 17.0 Å². The number of nitrogens with zero attached hydrogens (tertiary/aromatic N) is 4. The van der Waals surface area contributed by atoms with Crippen molar-refractivity contribution in [1.82, 2.24) is 19.7 Å². The number of halogens is 2. The van der Waals surface area contributed by atoms with Crippen molar-refractivity contribution in [2.45, 2.75) is 25.4 Å². The van der Waals surface area contributed by atoms with Crippen LogP contribution in [0.2, 0.25) is 0 Å². The van der Waals surface area contributed by atoms with E-state index < -0.39 is 17.0 Å². The number of fused-ring (bicyclic) bond motifs is 2. The minimum Gasteiger partial charge on any atom is -0.339 e. The lowest BCUT2D eigenvalue weighted by molar-refractivity contribution is 0.0727. The molecule has 1 aliphatic heterocycles. The summed E-state index contributed by atoms with van der Waals surface area (Å²) in [5.41, 5.74) is 2.85. The molecule has 0 saturated carbocycles. The molecule has 0 N–H and O–H groups in total. The van der Waals surface area contributed by atoms with Gasteiger partial charge >= 0.3 is 0 Å². The lowest BCUT2D eigenvalue weighted by Gasteiger charge is -2.32. The zero-order chi connectivity index (χ0) is 22.6. The lowest BCUT2D eigenvalue weighted by atomic mass is 9.59. The van der Waals surface area contributed by atoms with E-state index in [1.54, 1.807) is 23.0 Å². The van der Waals surface area contributed by atoms with Crippen molar-refractivity contribution < 1.29 is 13.6 Å². The Balaban J connectivity index is 1.54. The Kier molecular flexibility index (Phi) is 4.65. The monoisotopic (exact) mass is 428 g/mol. The van der Waals surface area contributed by atoms with Crippen LogP contribution in [0, 0.1) is 11.6 Å². The van der Waals surface area contributed by atoms with Gasteiger partial charge in [-0.2, -0.15) is 5.10 Å². The molecule has 0 saturated heterocycles. The van der Waals surface area contributed by atoms with Crippen molar-refractivity contribution in [1.29, 1.82) is 0 Å². The number of hydrogen-bond donors (Lipinski definition) is 0. The summed E-state index contributed by atoms with van der Waals surface area (Å²) in [5, 5.41) is 4.53. The fourth-order valence-corrected chi connectivity index (χ4v) is 4.44. The largest absolute Gasteiger partial charge is 0.339 e. The highest BCUT2D eigenvalue weighted by molar-refractivity contribution is 6.42. The summed E-state index contributed by atoms with van der Waals surface area (Å²) < 4.78 is 32.2. The predicted octanol–water partition coefficient (Wildman–Crippen LogP) is 2.43. The molecule has 2 aromatic heterocycles. The normalized spacial score (nSPS) is 14.8. The van der Waals surface area contributed by atoms with Gasteiger partial charge in [0, 0.05) is 35.2 Å². The maximum Gasteiger partial charge on any atom is 0.255 e. The van der Waals surface area contributed by atoms with Crippen molar-refractivity contribution >= 4 is 32.5 Å². The standard InChI is InChI=1S/C23H20B2F2N4O/c1-2-30-11-16-14(5-3-7-20(16)29-30)13-9-18(26)17(19(27)10-13)12-31-22(32)15-6-4-8-28-21(15)23(31,24)25/h3-11H,2,12,24-25H2,1H3. The molecule has 1 amide bonds. The highest BCUT2D eigenvalue weighted by Gasteiger charge is 2.44. The number of pyridine rings is 1. The zero-order valence-electron chi connectivity index (χ0n) is 18.1. The van der Waals surface area contributed by atoms with Gasteiger partial charge in [0.05, 0.1) is 23.3 Å². The van der Waals surface area contributed by atoms with Gasteiger partial charge in [-0.25, -0.2) is 8.78 Å². The first kappa shape index (κ1) is 20.4. The van der Waals surface area contributed by atoms with Crippen LogP contribution in [-0.2, 0) is 18.4 Å². The van der Waals surface area contributed by atoms with Crippen LogP contribution in [0.1, 0.15) is 28.5 Å². The first-order chi connectivity index (χ1) is 15.3. The van der Waals surface area contributed by atoms with Gasteiger partial charge in [-0.1, -0.05) is 12.1 Å². The number of aryl methyl sites for hydroxylation is 1. The molecule has 0 radical (unpaired) electrons. The number of carbonyl (C=O) groups excluding carboxylic acids is 1. The number of aromatic nitrogens is 3. The summed E-state index contributed by atoms with van der Waals surface area (Å²) in [4.78, 5) is 18.7. The van der Waals surface area contributed by atoms with Crippen LogP contribution < -0.4 is 0 Å². The van der Waals surface area contributed by atoms with Crippen LogP contribution in [0.5, 0.6) is 0 Å². The van der Waals surface area contributed by atoms with E-state index in [4.69, 9.17) is 0 Å². The van der Waals surface area contributed by atoms with Crippen molar-refractivity contribution in [3.8, 4) is 11.1 Å². The maximum atomic E-state index is 15.2. The van der Waals surface area contributed by atoms with E-state index in [0.29, 0.717) is 28.9 Å². The van der Waals surface area contributed by atoms with Gasteiger partial charge < -0.3 is 4.90 Å². The number of rotatable bonds is 4. The molecular formula is C23H20B2F2N4O. The molecule has 158 valence electrons. The van der Waals surface area contributed by atoms with Gasteiger partial charge in [-0.3, -0.25) is 14.5 Å². The van der Waals surface area contributed by atoms with Crippen LogP contribution >= 0.6 is 0 Å². The Bertz CT molecular complexity index is 1360. The molecule has 1 aliphatic rings. The Hall–Kier alpha value is -3.48. The molecule has 3 heterocycles. The van der Waals surface area contributed by atoms with Crippen molar-refractivity contribution in [2.24, 2.45) is 0 Å². The molecule has 32 heavy (non-hydrogen) atoms. The van der Waals surface area contributed by atoms with E-state index >= 15 is 8.78 Å². The van der Waals surface area contributed by atoms with Gasteiger partial charge in [-0.15, -0.1) is 0 Å². The van der Waals surface area contributed by atoms with E-state index in [1.807, 2.05) is 47.0 Å². The summed E-state index contributed by atoms with van der Waals surface area (Å²) in [5.74, 6) is -1.66. The summed E-state index contributed by atoms with van der Waals surface area (Å²) in [6, 6.07) is 11.6. The Morgan fingerprint density at radius 1 is 1.06 bits per heavy atom. The molecule has 0 aliphatic carbocycles. The molecule has 5 rings (SSSR count). The van der Waals surface area contributed by atoms with Crippen LogP contribution in [0.4, 0.5) is 8.78 Å². The van der Waals surface area contributed by atoms with Gasteiger partial charge in [0.25, 0.3) is 5.91 Å². The van der Waals surface area contributed by atoms with Crippen molar-refractivity contribution in [2.75, 3.05) is 0 Å². The molecule has 0 fully saturated rings. The zero-order valence-corrected chi connectivity index (χ0v) is 18.1. The summed E-state index contributed by atoms with van der Waals surface area (Å²) in [6.45, 7) is 2.50. The van der Waals surface area contributed by atoms with Gasteiger partial charge in [0.2, 0.25) is 0 Å². The first-order valence-corrected chi connectivity index (χ1v) is 10.5. The van der Waals surface area contributed by atoms with Crippen LogP contribution in [0.25, 0.3) is 22.0 Å². The van der Waals surface area contributed by atoms with Gasteiger partial charge in [0.1, 0.15) is 27.3 Å². The van der Waals surface area contributed by atoms with Crippen molar-refractivity contribution in [3.05, 3.63) is 83.3 Å². The van der Waals surface area contributed by atoms with E-state index in [9.17, 15) is 4.79 Å². The average Bonchev–Trinajstić information content (AvgIpc) is 3.28. The number of hydrogen-bond acceptors (Lipinski definition) is 3. The fraction of sp³-hybridized carbons (Fsp3) is 0.174. The molecular weight excluding hydrogens is 408 g/mol. The Morgan fingerprint density at radius 3 is 2.47 bits per heavy atom. The second kappa shape index (κ2) is 7.29. The summed E-state index contributed by atoms with van der Waals surface area (Å²) in [7, 11) is 3.67. The topological polar surface area (TPSA) is 51.0 Å². The second-order valence-corrected chi connectivity index (χ2v) is 8.49. The first-order valence-electron chi connectivity index (χ1n) is 10.5. The molecule has 5 nitrogen and oxygen atoms in total. The smallest absolute Gasteiger partial charge is 0.255 e. The maximum absolute atomic E-state index is 15.2. The molecule has 4 aromatic rings. The van der Waals surface area contributed by atoms with E-state index in [0.717, 1.165) is 10.9 Å². The Morgan fingerprint density at radius 2 is 1.78 bits per heavy atom. The molecule has 0 unspecified atom stereocenters. The lowest BCUT2D eigenvalue weighted by Crippen LogP contribution is -2.45. The highest BCUT2D eigenvalue weighted by atomic mass is 19.1. The van der Waals surface area contributed by atoms with Gasteiger partial charge in [0.15, 0.2) is 0 Å².